The fraction of sp³-hybridized carbons (Fsp3) is 0.400. The van der Waals surface area contributed by atoms with E-state index in [1.165, 1.54) is 11.1 Å². The minimum absolute atomic E-state index is 0.462. The van der Waals surface area contributed by atoms with Crippen LogP contribution in [0, 0.1) is 13.8 Å². The molecule has 2 aromatic carbocycles. The van der Waals surface area contributed by atoms with Gasteiger partial charge in [0.05, 0.1) is 6.61 Å². The molecule has 0 unspecified atom stereocenters. The molecule has 0 heterocycles. The van der Waals surface area contributed by atoms with Gasteiger partial charge in [-0.3, -0.25) is 0 Å². The highest BCUT2D eigenvalue weighted by molar-refractivity contribution is 5.43. The van der Waals surface area contributed by atoms with Crippen LogP contribution in [0.3, 0.4) is 0 Å². The summed E-state index contributed by atoms with van der Waals surface area (Å²) in [6.45, 7) is 8.25. The Morgan fingerprint density at radius 1 is 0.833 bits per heavy atom. The van der Waals surface area contributed by atoms with Gasteiger partial charge in [-0.1, -0.05) is 12.1 Å². The topological polar surface area (TPSA) is 53.7 Å². The minimum atomic E-state index is 0.462. The van der Waals surface area contributed by atoms with Gasteiger partial charge in [-0.2, -0.15) is 0 Å². The van der Waals surface area contributed by atoms with E-state index in [-0.39, 0.29) is 0 Å². The van der Waals surface area contributed by atoms with Crippen molar-refractivity contribution in [1.82, 2.24) is 0 Å². The summed E-state index contributed by atoms with van der Waals surface area (Å²) in [6, 6.07) is 12.1. The van der Waals surface area contributed by atoms with Crippen LogP contribution in [0.25, 0.3) is 0 Å². The molecule has 0 radical (unpaired) electrons. The quantitative estimate of drug-likeness (QED) is 0.713. The number of nitrogens with two attached hydrogens (primary N) is 1. The average molecular weight is 329 g/mol. The lowest BCUT2D eigenvalue weighted by atomic mass is 10.1. The first-order valence-electron chi connectivity index (χ1n) is 8.42. The summed E-state index contributed by atoms with van der Waals surface area (Å²) in [6.07, 6.45) is 0.830. The van der Waals surface area contributed by atoms with Gasteiger partial charge in [-0.25, -0.2) is 0 Å². The fourth-order valence-electron chi connectivity index (χ4n) is 2.59. The zero-order valence-electron chi connectivity index (χ0n) is 14.8. The van der Waals surface area contributed by atoms with E-state index in [9.17, 15) is 0 Å². The van der Waals surface area contributed by atoms with Gasteiger partial charge in [0.2, 0.25) is 0 Å². The van der Waals surface area contributed by atoms with Crippen molar-refractivity contribution in [3.8, 4) is 17.2 Å². The maximum Gasteiger partial charge on any atom is 0.161 e. The second-order valence-electron chi connectivity index (χ2n) is 5.77. The van der Waals surface area contributed by atoms with Crippen LogP contribution in [-0.2, 0) is 6.42 Å². The Morgan fingerprint density at radius 2 is 1.54 bits per heavy atom. The average Bonchev–Trinajstić information content (AvgIpc) is 2.53. The zero-order valence-corrected chi connectivity index (χ0v) is 14.8. The molecule has 0 aliphatic carbocycles. The molecule has 2 N–H and O–H groups in total. The van der Waals surface area contributed by atoms with Gasteiger partial charge in [-0.15, -0.1) is 0 Å². The third-order valence-corrected chi connectivity index (χ3v) is 3.55. The molecule has 2 aromatic rings. The van der Waals surface area contributed by atoms with Gasteiger partial charge in [0, 0.05) is 0 Å². The summed E-state index contributed by atoms with van der Waals surface area (Å²) in [5.41, 5.74) is 9.15. The predicted octanol–water partition coefficient (Wildman–Crippen LogP) is 3.66. The number of benzene rings is 2. The van der Waals surface area contributed by atoms with Crippen molar-refractivity contribution in [2.45, 2.75) is 27.2 Å². The Hall–Kier alpha value is -2.20. The van der Waals surface area contributed by atoms with Gasteiger partial charge < -0.3 is 19.9 Å². The van der Waals surface area contributed by atoms with Crippen molar-refractivity contribution in [2.75, 3.05) is 26.4 Å². The lowest BCUT2D eigenvalue weighted by molar-refractivity contribution is 0.208. The molecule has 0 aliphatic rings. The molecule has 4 nitrogen and oxygen atoms in total. The van der Waals surface area contributed by atoms with Crippen LogP contribution in [0.15, 0.2) is 36.4 Å². The van der Waals surface area contributed by atoms with Crippen LogP contribution >= 0.6 is 0 Å². The smallest absolute Gasteiger partial charge is 0.161 e. The van der Waals surface area contributed by atoms with Crippen LogP contribution in [0.2, 0.25) is 0 Å². The van der Waals surface area contributed by atoms with Crippen molar-refractivity contribution in [2.24, 2.45) is 5.73 Å². The molecule has 24 heavy (non-hydrogen) atoms. The lowest BCUT2D eigenvalue weighted by Crippen LogP contribution is -2.10. The lowest BCUT2D eigenvalue weighted by Gasteiger charge is -2.14. The predicted molar refractivity (Wildman–Crippen MR) is 97.3 cm³/mol. The Morgan fingerprint density at radius 3 is 2.21 bits per heavy atom. The van der Waals surface area contributed by atoms with E-state index >= 15 is 0 Å². The first-order valence-corrected chi connectivity index (χ1v) is 8.42. The van der Waals surface area contributed by atoms with E-state index in [0.29, 0.717) is 26.4 Å². The van der Waals surface area contributed by atoms with Crippen LogP contribution in [0.5, 0.6) is 17.2 Å². The normalized spacial score (nSPS) is 10.5. The maximum atomic E-state index is 5.82. The van der Waals surface area contributed by atoms with E-state index in [4.69, 9.17) is 19.9 Å². The Kier molecular flexibility index (Phi) is 6.94. The molecule has 0 fully saturated rings. The number of ether oxygens (including phenoxy) is 3. The molecule has 0 spiro atoms. The summed E-state index contributed by atoms with van der Waals surface area (Å²) in [5.74, 6) is 2.37. The summed E-state index contributed by atoms with van der Waals surface area (Å²) in [4.78, 5) is 0. The molecule has 0 saturated heterocycles. The molecule has 4 heteroatoms. The molecule has 0 aromatic heterocycles. The SMILES string of the molecule is CCOc1cc(CCN)ccc1OCCOc1cc(C)cc(C)c1. The molecular weight excluding hydrogens is 302 g/mol. The third kappa shape index (κ3) is 5.46. The second-order valence-corrected chi connectivity index (χ2v) is 5.77. The number of hydrogen-bond acceptors (Lipinski definition) is 4. The highest BCUT2D eigenvalue weighted by Crippen LogP contribution is 2.28. The molecule has 0 saturated carbocycles. The second kappa shape index (κ2) is 9.18. The van der Waals surface area contributed by atoms with Gasteiger partial charge in [0.15, 0.2) is 11.5 Å². The zero-order chi connectivity index (χ0) is 17.4. The summed E-state index contributed by atoms with van der Waals surface area (Å²) >= 11 is 0. The number of rotatable bonds is 9. The number of aryl methyl sites for hydroxylation is 2. The molecular formula is C20H27NO3. The highest BCUT2D eigenvalue weighted by atomic mass is 16.5. The van der Waals surface area contributed by atoms with Crippen molar-refractivity contribution < 1.29 is 14.2 Å². The van der Waals surface area contributed by atoms with Crippen LogP contribution in [0.4, 0.5) is 0 Å². The van der Waals surface area contributed by atoms with E-state index in [0.717, 1.165) is 29.2 Å². The molecule has 0 aliphatic heterocycles. The van der Waals surface area contributed by atoms with E-state index in [1.54, 1.807) is 0 Å². The fourth-order valence-corrected chi connectivity index (χ4v) is 2.59. The first kappa shape index (κ1) is 18.1. The summed E-state index contributed by atoms with van der Waals surface area (Å²) in [7, 11) is 0. The van der Waals surface area contributed by atoms with Gasteiger partial charge in [-0.05, 0) is 74.7 Å². The van der Waals surface area contributed by atoms with Gasteiger partial charge in [0.25, 0.3) is 0 Å². The Labute approximate surface area is 144 Å². The molecule has 0 atom stereocenters. The summed E-state index contributed by atoms with van der Waals surface area (Å²) < 4.78 is 17.3. The van der Waals surface area contributed by atoms with Gasteiger partial charge in [0.1, 0.15) is 19.0 Å². The molecule has 130 valence electrons. The monoisotopic (exact) mass is 329 g/mol. The van der Waals surface area contributed by atoms with E-state index in [2.05, 4.69) is 19.9 Å². The van der Waals surface area contributed by atoms with Crippen molar-refractivity contribution in [1.29, 1.82) is 0 Å². The molecule has 2 rings (SSSR count). The van der Waals surface area contributed by atoms with Crippen molar-refractivity contribution in [3.05, 3.63) is 53.1 Å². The van der Waals surface area contributed by atoms with Crippen molar-refractivity contribution in [3.63, 3.8) is 0 Å². The Balaban J connectivity index is 1.91. The maximum absolute atomic E-state index is 5.82. The Bertz CT molecular complexity index is 635. The van der Waals surface area contributed by atoms with E-state index < -0.39 is 0 Å². The largest absolute Gasteiger partial charge is 0.490 e. The van der Waals surface area contributed by atoms with Crippen LogP contribution in [0.1, 0.15) is 23.6 Å². The van der Waals surface area contributed by atoms with Gasteiger partial charge >= 0.3 is 0 Å². The number of hydrogen-bond donors (Lipinski definition) is 1. The van der Waals surface area contributed by atoms with Crippen molar-refractivity contribution >= 4 is 0 Å². The van der Waals surface area contributed by atoms with Crippen LogP contribution in [-0.4, -0.2) is 26.4 Å². The minimum Gasteiger partial charge on any atom is -0.490 e. The first-order chi connectivity index (χ1) is 11.6. The summed E-state index contributed by atoms with van der Waals surface area (Å²) in [5, 5.41) is 0. The molecule has 0 amide bonds. The van der Waals surface area contributed by atoms with Crippen LogP contribution < -0.4 is 19.9 Å². The van der Waals surface area contributed by atoms with E-state index in [1.807, 2.05) is 37.3 Å². The highest BCUT2D eigenvalue weighted by Gasteiger charge is 2.07. The standard InChI is InChI=1S/C20H27NO3/c1-4-22-20-14-17(7-8-21)5-6-19(20)24-10-9-23-18-12-15(2)11-16(3)13-18/h5-6,11-14H,4,7-10,21H2,1-3H3. The third-order valence-electron chi connectivity index (χ3n) is 3.55. The molecule has 0 bridgehead atoms.